The molecule has 2 aliphatic rings. The smallest absolute Gasteiger partial charge is 0.241 e. The molecule has 4 rings (SSSR count). The van der Waals surface area contributed by atoms with Crippen LogP contribution in [0.2, 0.25) is 0 Å². The lowest BCUT2D eigenvalue weighted by Crippen LogP contribution is -2.54. The Morgan fingerprint density at radius 1 is 1.14 bits per heavy atom. The van der Waals surface area contributed by atoms with Gasteiger partial charge in [-0.1, -0.05) is 12.1 Å². The number of nitriles is 1. The standard InChI is InChI=1S/C20H22N6O2/c21-13-15-2-1-7-22-19(15)25-8-10-26(11-9-25)20(28)18-12-17(23-24-18)14-3-5-16(27)6-4-14/h1-7,17-18,23-24,27H,8-12H2. The predicted molar refractivity (Wildman–Crippen MR) is 103 cm³/mol. The van der Waals surface area contributed by atoms with Crippen LogP contribution in [0.25, 0.3) is 0 Å². The number of nitrogens with zero attached hydrogens (tertiary/aromatic N) is 4. The number of pyridine rings is 1. The molecule has 0 spiro atoms. The van der Waals surface area contributed by atoms with Crippen molar-refractivity contribution in [2.45, 2.75) is 18.5 Å². The van der Waals surface area contributed by atoms with Gasteiger partial charge in [-0.05, 0) is 36.2 Å². The van der Waals surface area contributed by atoms with E-state index in [2.05, 4.69) is 26.8 Å². The molecule has 2 unspecified atom stereocenters. The second-order valence-electron chi connectivity index (χ2n) is 7.02. The van der Waals surface area contributed by atoms with Crippen LogP contribution in [0.15, 0.2) is 42.6 Å². The van der Waals surface area contributed by atoms with E-state index < -0.39 is 0 Å². The number of piperazine rings is 1. The van der Waals surface area contributed by atoms with Gasteiger partial charge < -0.3 is 14.9 Å². The number of carbonyl (C=O) groups is 1. The van der Waals surface area contributed by atoms with Crippen LogP contribution in [-0.2, 0) is 4.79 Å². The molecule has 0 saturated carbocycles. The Balaban J connectivity index is 1.34. The summed E-state index contributed by atoms with van der Waals surface area (Å²) in [7, 11) is 0. The van der Waals surface area contributed by atoms with Gasteiger partial charge in [0, 0.05) is 38.4 Å². The topological polar surface area (TPSA) is 105 Å². The minimum atomic E-state index is -0.283. The van der Waals surface area contributed by atoms with Crippen molar-refractivity contribution in [3.63, 3.8) is 0 Å². The van der Waals surface area contributed by atoms with Crippen molar-refractivity contribution < 1.29 is 9.90 Å². The molecule has 2 saturated heterocycles. The number of hydrogen-bond acceptors (Lipinski definition) is 7. The van der Waals surface area contributed by atoms with Crippen molar-refractivity contribution in [3.8, 4) is 11.8 Å². The molecule has 28 heavy (non-hydrogen) atoms. The lowest BCUT2D eigenvalue weighted by molar-refractivity contribution is -0.133. The van der Waals surface area contributed by atoms with E-state index in [1.807, 2.05) is 17.0 Å². The number of amides is 1. The molecule has 2 aromatic rings. The number of aromatic nitrogens is 1. The highest BCUT2D eigenvalue weighted by atomic mass is 16.3. The molecule has 8 nitrogen and oxygen atoms in total. The molecule has 2 aliphatic heterocycles. The summed E-state index contributed by atoms with van der Waals surface area (Å²) < 4.78 is 0. The second-order valence-corrected chi connectivity index (χ2v) is 7.02. The van der Waals surface area contributed by atoms with E-state index in [0.29, 0.717) is 44.0 Å². The van der Waals surface area contributed by atoms with Gasteiger partial charge in [-0.25, -0.2) is 15.8 Å². The SMILES string of the molecule is N#Cc1cccnc1N1CCN(C(=O)C2CC(c3ccc(O)cc3)NN2)CC1. The Hall–Kier alpha value is -3.15. The third-order valence-corrected chi connectivity index (χ3v) is 5.29. The average Bonchev–Trinajstić information content (AvgIpc) is 3.24. The minimum Gasteiger partial charge on any atom is -0.508 e. The van der Waals surface area contributed by atoms with Gasteiger partial charge in [0.2, 0.25) is 5.91 Å². The van der Waals surface area contributed by atoms with Crippen LogP contribution in [-0.4, -0.2) is 53.1 Å². The Kier molecular flexibility index (Phi) is 5.10. The molecular formula is C20H22N6O2. The molecule has 0 bridgehead atoms. The van der Waals surface area contributed by atoms with E-state index >= 15 is 0 Å². The number of hydrazine groups is 1. The summed E-state index contributed by atoms with van der Waals surface area (Å²) in [5, 5.41) is 18.7. The van der Waals surface area contributed by atoms with Gasteiger partial charge in [0.1, 0.15) is 23.7 Å². The monoisotopic (exact) mass is 378 g/mol. The number of rotatable bonds is 3. The van der Waals surface area contributed by atoms with Crippen molar-refractivity contribution in [2.24, 2.45) is 0 Å². The Morgan fingerprint density at radius 2 is 1.89 bits per heavy atom. The zero-order valence-corrected chi connectivity index (χ0v) is 15.4. The highest BCUT2D eigenvalue weighted by molar-refractivity contribution is 5.82. The van der Waals surface area contributed by atoms with E-state index in [4.69, 9.17) is 0 Å². The normalized spacial score (nSPS) is 22.1. The minimum absolute atomic E-state index is 0.0301. The molecule has 8 heteroatoms. The summed E-state index contributed by atoms with van der Waals surface area (Å²) in [6, 6.07) is 12.5. The Bertz CT molecular complexity index is 886. The summed E-state index contributed by atoms with van der Waals surface area (Å²) >= 11 is 0. The molecule has 144 valence electrons. The first-order chi connectivity index (χ1) is 13.7. The summed E-state index contributed by atoms with van der Waals surface area (Å²) in [5.41, 5.74) is 7.87. The molecule has 1 aromatic carbocycles. The van der Waals surface area contributed by atoms with Crippen LogP contribution in [0, 0.1) is 11.3 Å². The molecule has 1 amide bonds. The molecular weight excluding hydrogens is 356 g/mol. The number of anilines is 1. The highest BCUT2D eigenvalue weighted by Gasteiger charge is 2.34. The van der Waals surface area contributed by atoms with Crippen molar-refractivity contribution in [1.29, 1.82) is 5.26 Å². The average molecular weight is 378 g/mol. The van der Waals surface area contributed by atoms with Crippen molar-refractivity contribution in [3.05, 3.63) is 53.7 Å². The molecule has 3 heterocycles. The number of hydrogen-bond donors (Lipinski definition) is 3. The second kappa shape index (κ2) is 7.84. The zero-order chi connectivity index (χ0) is 19.5. The van der Waals surface area contributed by atoms with E-state index in [-0.39, 0.29) is 23.7 Å². The van der Waals surface area contributed by atoms with Gasteiger partial charge in [0.15, 0.2) is 0 Å². The van der Waals surface area contributed by atoms with Crippen molar-refractivity contribution in [1.82, 2.24) is 20.7 Å². The summed E-state index contributed by atoms with van der Waals surface area (Å²) in [6.45, 7) is 2.50. The van der Waals surface area contributed by atoms with Gasteiger partial charge in [-0.2, -0.15) is 5.26 Å². The van der Waals surface area contributed by atoms with Crippen LogP contribution in [0.4, 0.5) is 5.82 Å². The van der Waals surface area contributed by atoms with Gasteiger partial charge in [0.25, 0.3) is 0 Å². The van der Waals surface area contributed by atoms with Gasteiger partial charge in [-0.15, -0.1) is 0 Å². The third kappa shape index (κ3) is 3.63. The molecule has 2 atom stereocenters. The third-order valence-electron chi connectivity index (χ3n) is 5.29. The number of phenolic OH excluding ortho intramolecular Hbond substituents is 1. The van der Waals surface area contributed by atoms with Crippen LogP contribution >= 0.6 is 0 Å². The lowest BCUT2D eigenvalue weighted by atomic mass is 10.0. The number of benzene rings is 1. The molecule has 3 N–H and O–H groups in total. The quantitative estimate of drug-likeness (QED) is 0.729. The van der Waals surface area contributed by atoms with Crippen molar-refractivity contribution in [2.75, 3.05) is 31.1 Å². The van der Waals surface area contributed by atoms with E-state index in [0.717, 1.165) is 5.56 Å². The Morgan fingerprint density at radius 3 is 2.61 bits per heavy atom. The predicted octanol–water partition coefficient (Wildman–Crippen LogP) is 0.915. The first-order valence-corrected chi connectivity index (χ1v) is 9.34. The van der Waals surface area contributed by atoms with Gasteiger partial charge in [0.05, 0.1) is 5.56 Å². The largest absolute Gasteiger partial charge is 0.508 e. The van der Waals surface area contributed by atoms with Gasteiger partial charge in [-0.3, -0.25) is 4.79 Å². The lowest BCUT2D eigenvalue weighted by Gasteiger charge is -2.36. The fraction of sp³-hybridized carbons (Fsp3) is 0.350. The van der Waals surface area contributed by atoms with Gasteiger partial charge >= 0.3 is 0 Å². The summed E-state index contributed by atoms with van der Waals surface area (Å²) in [4.78, 5) is 21.1. The summed E-state index contributed by atoms with van der Waals surface area (Å²) in [5.74, 6) is 0.993. The maximum Gasteiger partial charge on any atom is 0.241 e. The zero-order valence-electron chi connectivity index (χ0n) is 15.4. The number of aromatic hydroxyl groups is 1. The van der Waals surface area contributed by atoms with E-state index in [9.17, 15) is 15.2 Å². The maximum atomic E-state index is 12.9. The Labute approximate surface area is 163 Å². The maximum absolute atomic E-state index is 12.9. The van der Waals surface area contributed by atoms with Crippen LogP contribution < -0.4 is 15.8 Å². The van der Waals surface area contributed by atoms with Crippen molar-refractivity contribution >= 4 is 11.7 Å². The summed E-state index contributed by atoms with van der Waals surface area (Å²) in [6.07, 6.45) is 2.34. The van der Waals surface area contributed by atoms with Crippen LogP contribution in [0.5, 0.6) is 5.75 Å². The molecule has 0 radical (unpaired) electrons. The number of phenols is 1. The number of nitrogens with one attached hydrogen (secondary N) is 2. The fourth-order valence-electron chi connectivity index (χ4n) is 3.74. The van der Waals surface area contributed by atoms with Crippen LogP contribution in [0.3, 0.4) is 0 Å². The highest BCUT2D eigenvalue weighted by Crippen LogP contribution is 2.25. The fourth-order valence-corrected chi connectivity index (χ4v) is 3.74. The van der Waals surface area contributed by atoms with Crippen LogP contribution in [0.1, 0.15) is 23.6 Å². The van der Waals surface area contributed by atoms with E-state index in [1.165, 1.54) is 0 Å². The molecule has 1 aromatic heterocycles. The number of carbonyl (C=O) groups excluding carboxylic acids is 1. The first kappa shape index (κ1) is 18.2. The van der Waals surface area contributed by atoms with E-state index in [1.54, 1.807) is 30.5 Å². The molecule has 2 fully saturated rings. The first-order valence-electron chi connectivity index (χ1n) is 9.34. The molecule has 0 aliphatic carbocycles.